The summed E-state index contributed by atoms with van der Waals surface area (Å²) in [5.74, 6) is -2.10. The first-order chi connectivity index (χ1) is 16.8. The van der Waals surface area contributed by atoms with Crippen molar-refractivity contribution in [1.29, 1.82) is 0 Å². The molecule has 2 aromatic rings. The summed E-state index contributed by atoms with van der Waals surface area (Å²) in [6, 6.07) is 8.33. The molecular formula is C25H28F2N4O4. The molecule has 0 bridgehead atoms. The average Bonchev–Trinajstić information content (AvgIpc) is 3.12. The molecule has 1 aliphatic heterocycles. The summed E-state index contributed by atoms with van der Waals surface area (Å²) in [6.07, 6.45) is 4.07. The van der Waals surface area contributed by atoms with Crippen LogP contribution in [-0.2, 0) is 9.53 Å². The first kappa shape index (κ1) is 24.4. The molecule has 2 aromatic carbocycles. The van der Waals surface area contributed by atoms with Crippen molar-refractivity contribution < 1.29 is 23.1 Å². The molecule has 4 rings (SSSR count). The summed E-state index contributed by atoms with van der Waals surface area (Å²) in [6.45, 7) is 1.48. The molecule has 1 saturated heterocycles. The minimum Gasteiger partial charge on any atom is -0.442 e. The monoisotopic (exact) mass is 486 g/mol. The zero-order valence-electron chi connectivity index (χ0n) is 19.4. The number of rotatable bonds is 7. The first-order valence-corrected chi connectivity index (χ1v) is 11.7. The van der Waals surface area contributed by atoms with E-state index in [1.54, 1.807) is 12.1 Å². The highest BCUT2D eigenvalue weighted by Crippen LogP contribution is 2.30. The molecule has 35 heavy (non-hydrogen) atoms. The SMILES string of the molecule is CC(=O)NCC1CN(c2cc(F)c(Nc3ccc(NC4CCCCC4)c(=O)cc3)c(F)c2)C(=O)O1. The average molecular weight is 487 g/mol. The van der Waals surface area contributed by atoms with Crippen LogP contribution in [-0.4, -0.2) is 37.2 Å². The van der Waals surface area contributed by atoms with Gasteiger partial charge in [0.15, 0.2) is 11.6 Å². The Morgan fingerprint density at radius 2 is 1.74 bits per heavy atom. The van der Waals surface area contributed by atoms with Crippen molar-refractivity contribution in [2.24, 2.45) is 0 Å². The van der Waals surface area contributed by atoms with Gasteiger partial charge in [0.1, 0.15) is 11.8 Å². The Labute approximate surface area is 201 Å². The van der Waals surface area contributed by atoms with Gasteiger partial charge in [0.25, 0.3) is 0 Å². The second-order valence-corrected chi connectivity index (χ2v) is 8.84. The number of ether oxygens (including phenoxy) is 1. The predicted molar refractivity (Wildman–Crippen MR) is 129 cm³/mol. The number of benzene rings is 1. The molecule has 1 unspecified atom stereocenters. The third-order valence-corrected chi connectivity index (χ3v) is 6.13. The fourth-order valence-electron chi connectivity index (χ4n) is 4.31. The smallest absolute Gasteiger partial charge is 0.414 e. The number of nitrogens with one attached hydrogen (secondary N) is 3. The largest absolute Gasteiger partial charge is 0.442 e. The van der Waals surface area contributed by atoms with E-state index < -0.39 is 29.5 Å². The van der Waals surface area contributed by atoms with Gasteiger partial charge < -0.3 is 20.7 Å². The number of hydrogen-bond acceptors (Lipinski definition) is 6. The Morgan fingerprint density at radius 1 is 1.06 bits per heavy atom. The highest BCUT2D eigenvalue weighted by atomic mass is 19.1. The maximum Gasteiger partial charge on any atom is 0.414 e. The van der Waals surface area contributed by atoms with Crippen molar-refractivity contribution in [2.45, 2.75) is 51.2 Å². The van der Waals surface area contributed by atoms with E-state index in [4.69, 9.17) is 4.74 Å². The molecule has 1 saturated carbocycles. The zero-order chi connectivity index (χ0) is 24.9. The molecule has 0 spiro atoms. The van der Waals surface area contributed by atoms with E-state index in [2.05, 4.69) is 16.0 Å². The van der Waals surface area contributed by atoms with Gasteiger partial charge in [0.2, 0.25) is 11.3 Å². The lowest BCUT2D eigenvalue weighted by molar-refractivity contribution is -0.119. The van der Waals surface area contributed by atoms with Crippen LogP contribution < -0.4 is 26.3 Å². The van der Waals surface area contributed by atoms with Gasteiger partial charge in [-0.3, -0.25) is 14.5 Å². The lowest BCUT2D eigenvalue weighted by Gasteiger charge is -2.23. The van der Waals surface area contributed by atoms with E-state index in [1.807, 2.05) is 0 Å². The maximum absolute atomic E-state index is 14.9. The van der Waals surface area contributed by atoms with Gasteiger partial charge in [-0.05, 0) is 37.1 Å². The van der Waals surface area contributed by atoms with Gasteiger partial charge in [-0.1, -0.05) is 19.3 Å². The van der Waals surface area contributed by atoms with Crippen molar-refractivity contribution in [1.82, 2.24) is 5.32 Å². The molecule has 3 N–H and O–H groups in total. The molecule has 0 radical (unpaired) electrons. The summed E-state index contributed by atoms with van der Waals surface area (Å²) < 4.78 is 34.9. The highest BCUT2D eigenvalue weighted by molar-refractivity contribution is 5.90. The molecular weight excluding hydrogens is 458 g/mol. The Bertz CT molecular complexity index is 1150. The molecule has 1 aliphatic carbocycles. The molecule has 2 amide bonds. The second-order valence-electron chi connectivity index (χ2n) is 8.84. The fraction of sp³-hybridized carbons (Fsp3) is 0.400. The lowest BCUT2D eigenvalue weighted by atomic mass is 9.95. The molecule has 1 heterocycles. The van der Waals surface area contributed by atoms with Gasteiger partial charge >= 0.3 is 6.09 Å². The highest BCUT2D eigenvalue weighted by Gasteiger charge is 2.33. The topological polar surface area (TPSA) is 99.8 Å². The second kappa shape index (κ2) is 10.7. The Hall–Kier alpha value is -3.69. The van der Waals surface area contributed by atoms with E-state index in [-0.39, 0.29) is 36.2 Å². The summed E-state index contributed by atoms with van der Waals surface area (Å²) in [4.78, 5) is 36.8. The summed E-state index contributed by atoms with van der Waals surface area (Å²) >= 11 is 0. The van der Waals surface area contributed by atoms with E-state index in [9.17, 15) is 23.2 Å². The van der Waals surface area contributed by atoms with Crippen LogP contribution in [0.4, 0.5) is 36.3 Å². The molecule has 2 aliphatic rings. The Balaban J connectivity index is 1.48. The molecule has 0 aromatic heterocycles. The van der Waals surface area contributed by atoms with E-state index in [0.717, 1.165) is 42.7 Å². The van der Waals surface area contributed by atoms with Gasteiger partial charge in [-0.2, -0.15) is 0 Å². The van der Waals surface area contributed by atoms with Crippen molar-refractivity contribution in [3.05, 3.63) is 58.3 Å². The van der Waals surface area contributed by atoms with Crippen molar-refractivity contribution in [3.63, 3.8) is 0 Å². The van der Waals surface area contributed by atoms with Crippen molar-refractivity contribution >= 4 is 34.7 Å². The molecule has 2 fully saturated rings. The third kappa shape index (κ3) is 6.06. The minimum absolute atomic E-state index is 0.000282. The van der Waals surface area contributed by atoms with E-state index in [0.29, 0.717) is 11.4 Å². The van der Waals surface area contributed by atoms with Crippen LogP contribution in [0.2, 0.25) is 0 Å². The van der Waals surface area contributed by atoms with Crippen LogP contribution >= 0.6 is 0 Å². The number of amides is 2. The quantitative estimate of drug-likeness (QED) is 0.541. The number of anilines is 4. The van der Waals surface area contributed by atoms with E-state index >= 15 is 0 Å². The third-order valence-electron chi connectivity index (χ3n) is 6.13. The summed E-state index contributed by atoms with van der Waals surface area (Å²) in [7, 11) is 0. The normalized spacial score (nSPS) is 18.2. The van der Waals surface area contributed by atoms with Crippen molar-refractivity contribution in [3.8, 4) is 0 Å². The summed E-state index contributed by atoms with van der Waals surface area (Å²) in [5, 5.41) is 8.52. The molecule has 10 heteroatoms. The van der Waals surface area contributed by atoms with Gasteiger partial charge in [-0.25, -0.2) is 13.6 Å². The summed E-state index contributed by atoms with van der Waals surface area (Å²) in [5.41, 5.74) is 0.168. The van der Waals surface area contributed by atoms with Crippen LogP contribution in [0.25, 0.3) is 0 Å². The number of hydrogen-bond donors (Lipinski definition) is 3. The standard InChI is InChI=1S/C25H28F2N4O4/c1-15(32)28-13-19-14-31(25(34)35-19)18-11-20(26)24(21(27)12-18)30-17-7-9-22(23(33)10-8-17)29-16-5-3-2-4-6-16/h7-12,16,19,30H,2-6,13-14H2,1H3,(H,28,32)(H,29,33). The number of carbonyl (C=O) groups is 2. The van der Waals surface area contributed by atoms with Crippen LogP contribution in [0, 0.1) is 11.6 Å². The minimum atomic E-state index is -0.910. The van der Waals surface area contributed by atoms with Crippen LogP contribution in [0.15, 0.2) is 41.2 Å². The Kier molecular flexibility index (Phi) is 7.48. The number of carbonyl (C=O) groups excluding carboxylic acids is 2. The number of nitrogens with zero attached hydrogens (tertiary/aromatic N) is 1. The number of cyclic esters (lactones) is 1. The van der Waals surface area contributed by atoms with Crippen LogP contribution in [0.1, 0.15) is 39.0 Å². The van der Waals surface area contributed by atoms with Crippen LogP contribution in [0.5, 0.6) is 0 Å². The molecule has 1 atom stereocenters. The van der Waals surface area contributed by atoms with Crippen molar-refractivity contribution in [2.75, 3.05) is 28.6 Å². The molecule has 186 valence electrons. The first-order valence-electron chi connectivity index (χ1n) is 11.7. The Morgan fingerprint density at radius 3 is 2.43 bits per heavy atom. The number of halogens is 2. The predicted octanol–water partition coefficient (Wildman–Crippen LogP) is 4.27. The lowest BCUT2D eigenvalue weighted by Crippen LogP contribution is -2.33. The maximum atomic E-state index is 14.9. The van der Waals surface area contributed by atoms with Crippen LogP contribution in [0.3, 0.4) is 0 Å². The molecule has 8 nitrogen and oxygen atoms in total. The van der Waals surface area contributed by atoms with Gasteiger partial charge in [0, 0.05) is 30.8 Å². The zero-order valence-corrected chi connectivity index (χ0v) is 19.4. The fourth-order valence-corrected chi connectivity index (χ4v) is 4.31. The van der Waals surface area contributed by atoms with E-state index in [1.165, 1.54) is 25.5 Å². The van der Waals surface area contributed by atoms with Gasteiger partial charge in [0.05, 0.1) is 24.5 Å². The van der Waals surface area contributed by atoms with Gasteiger partial charge in [-0.15, -0.1) is 0 Å².